The van der Waals surface area contributed by atoms with Crippen molar-refractivity contribution in [2.45, 2.75) is 64.0 Å². The molecule has 3 rings (SSSR count). The van der Waals surface area contributed by atoms with E-state index in [0.717, 1.165) is 6.42 Å². The number of piperidine rings is 1. The first kappa shape index (κ1) is 12.2. The Kier molecular flexibility index (Phi) is 3.42. The molecule has 18 heavy (non-hydrogen) atoms. The van der Waals surface area contributed by atoms with Gasteiger partial charge in [0.2, 0.25) is 0 Å². The fraction of sp³-hybridized carbons (Fsp3) is 0.800. The summed E-state index contributed by atoms with van der Waals surface area (Å²) in [6, 6.07) is 1.36. The second kappa shape index (κ2) is 5.04. The lowest BCUT2D eigenvalue weighted by Crippen LogP contribution is -2.38. The standard InChI is InChI=1S/C15H25N3/c1-12-6-5-8-14-11-16-15(18(12)14)10-13-7-3-4-9-17(13)2/h11-13H,3-10H2,1-2H3. The van der Waals surface area contributed by atoms with Gasteiger partial charge in [0.05, 0.1) is 0 Å². The van der Waals surface area contributed by atoms with Gasteiger partial charge in [-0.15, -0.1) is 0 Å². The Labute approximate surface area is 110 Å². The Hall–Kier alpha value is -0.830. The summed E-state index contributed by atoms with van der Waals surface area (Å²) < 4.78 is 2.52. The van der Waals surface area contributed by atoms with Gasteiger partial charge in [0, 0.05) is 30.4 Å². The van der Waals surface area contributed by atoms with Crippen LogP contribution in [-0.2, 0) is 12.8 Å². The quantitative estimate of drug-likeness (QED) is 0.801. The fourth-order valence-electron chi connectivity index (χ4n) is 3.63. The number of likely N-dealkylation sites (N-methyl/N-ethyl adjacent to an activating group) is 1. The van der Waals surface area contributed by atoms with Gasteiger partial charge in [-0.25, -0.2) is 4.98 Å². The largest absolute Gasteiger partial charge is 0.329 e. The topological polar surface area (TPSA) is 21.1 Å². The molecule has 0 aliphatic carbocycles. The summed E-state index contributed by atoms with van der Waals surface area (Å²) in [5, 5.41) is 0. The molecule has 3 nitrogen and oxygen atoms in total. The predicted molar refractivity (Wildman–Crippen MR) is 73.8 cm³/mol. The number of rotatable bonds is 2. The van der Waals surface area contributed by atoms with E-state index < -0.39 is 0 Å². The van der Waals surface area contributed by atoms with Crippen LogP contribution in [0.25, 0.3) is 0 Å². The number of aryl methyl sites for hydroxylation is 1. The van der Waals surface area contributed by atoms with Crippen LogP contribution in [0.5, 0.6) is 0 Å². The third-order valence-electron chi connectivity index (χ3n) is 4.79. The lowest BCUT2D eigenvalue weighted by atomic mass is 9.99. The molecule has 3 heteroatoms. The second-order valence-corrected chi connectivity index (χ2v) is 6.11. The Morgan fingerprint density at radius 2 is 2.17 bits per heavy atom. The van der Waals surface area contributed by atoms with Crippen molar-refractivity contribution in [2.75, 3.05) is 13.6 Å². The van der Waals surface area contributed by atoms with Crippen LogP contribution in [0.1, 0.15) is 56.6 Å². The summed E-state index contributed by atoms with van der Waals surface area (Å²) in [7, 11) is 2.27. The van der Waals surface area contributed by atoms with E-state index >= 15 is 0 Å². The Balaban J connectivity index is 1.78. The molecular weight excluding hydrogens is 222 g/mol. The van der Waals surface area contributed by atoms with E-state index in [0.29, 0.717) is 12.1 Å². The van der Waals surface area contributed by atoms with Crippen molar-refractivity contribution in [3.8, 4) is 0 Å². The lowest BCUT2D eigenvalue weighted by molar-refractivity contribution is 0.180. The molecule has 2 aliphatic heterocycles. The van der Waals surface area contributed by atoms with Gasteiger partial charge < -0.3 is 9.47 Å². The van der Waals surface area contributed by atoms with E-state index in [1.807, 2.05) is 0 Å². The number of hydrogen-bond donors (Lipinski definition) is 0. The van der Waals surface area contributed by atoms with E-state index in [2.05, 4.69) is 29.6 Å². The van der Waals surface area contributed by atoms with Gasteiger partial charge in [0.15, 0.2) is 0 Å². The molecule has 0 bridgehead atoms. The molecule has 0 N–H and O–H groups in total. The van der Waals surface area contributed by atoms with Crippen LogP contribution in [-0.4, -0.2) is 34.1 Å². The molecular formula is C15H25N3. The van der Waals surface area contributed by atoms with Gasteiger partial charge in [0.1, 0.15) is 5.82 Å². The minimum atomic E-state index is 0.653. The minimum Gasteiger partial charge on any atom is -0.329 e. The van der Waals surface area contributed by atoms with Crippen LogP contribution in [0.4, 0.5) is 0 Å². The SMILES string of the molecule is CC1CCCc2cnc(CC3CCCCN3C)n21. The highest BCUT2D eigenvalue weighted by Gasteiger charge is 2.24. The van der Waals surface area contributed by atoms with Gasteiger partial charge in [-0.2, -0.15) is 0 Å². The van der Waals surface area contributed by atoms with Gasteiger partial charge in [-0.05, 0) is 52.6 Å². The number of likely N-dealkylation sites (tertiary alicyclic amines) is 1. The minimum absolute atomic E-state index is 0.653. The first-order valence-electron chi connectivity index (χ1n) is 7.51. The van der Waals surface area contributed by atoms with Crippen LogP contribution in [0.2, 0.25) is 0 Å². The monoisotopic (exact) mass is 247 g/mol. The zero-order valence-electron chi connectivity index (χ0n) is 11.7. The first-order valence-corrected chi connectivity index (χ1v) is 7.51. The smallest absolute Gasteiger partial charge is 0.110 e. The van der Waals surface area contributed by atoms with E-state index in [1.54, 1.807) is 0 Å². The molecule has 1 aromatic rings. The Morgan fingerprint density at radius 3 is 3.00 bits per heavy atom. The molecule has 2 unspecified atom stereocenters. The van der Waals surface area contributed by atoms with Crippen molar-refractivity contribution in [2.24, 2.45) is 0 Å². The fourth-order valence-corrected chi connectivity index (χ4v) is 3.63. The summed E-state index contributed by atoms with van der Waals surface area (Å²) in [4.78, 5) is 7.24. The Morgan fingerprint density at radius 1 is 1.28 bits per heavy atom. The van der Waals surface area contributed by atoms with Crippen LogP contribution in [0, 0.1) is 0 Å². The molecule has 1 aromatic heterocycles. The summed E-state index contributed by atoms with van der Waals surface area (Å²) in [6.45, 7) is 3.60. The van der Waals surface area contributed by atoms with E-state index in [-0.39, 0.29) is 0 Å². The molecule has 0 radical (unpaired) electrons. The van der Waals surface area contributed by atoms with Crippen molar-refractivity contribution in [3.63, 3.8) is 0 Å². The molecule has 100 valence electrons. The summed E-state index contributed by atoms with van der Waals surface area (Å²) in [5.74, 6) is 1.33. The molecule has 0 aromatic carbocycles. The van der Waals surface area contributed by atoms with Crippen LogP contribution in [0.3, 0.4) is 0 Å². The van der Waals surface area contributed by atoms with Crippen molar-refractivity contribution < 1.29 is 0 Å². The molecule has 3 heterocycles. The van der Waals surface area contributed by atoms with Gasteiger partial charge in [0.25, 0.3) is 0 Å². The van der Waals surface area contributed by atoms with Crippen molar-refractivity contribution in [3.05, 3.63) is 17.7 Å². The van der Waals surface area contributed by atoms with Crippen molar-refractivity contribution >= 4 is 0 Å². The first-order chi connectivity index (χ1) is 8.75. The normalized spacial score (nSPS) is 29.2. The Bertz CT molecular complexity index is 410. The van der Waals surface area contributed by atoms with E-state index in [9.17, 15) is 0 Å². The molecule has 1 fully saturated rings. The van der Waals surface area contributed by atoms with Crippen LogP contribution in [0.15, 0.2) is 6.20 Å². The summed E-state index contributed by atoms with van der Waals surface area (Å²) >= 11 is 0. The second-order valence-electron chi connectivity index (χ2n) is 6.11. The summed E-state index contributed by atoms with van der Waals surface area (Å²) in [6.07, 6.45) is 11.2. The average Bonchev–Trinajstić information content (AvgIpc) is 2.77. The number of imidazole rings is 1. The molecule has 0 spiro atoms. The number of aromatic nitrogens is 2. The third kappa shape index (κ3) is 2.20. The van der Waals surface area contributed by atoms with E-state index in [4.69, 9.17) is 4.98 Å². The zero-order chi connectivity index (χ0) is 12.5. The van der Waals surface area contributed by atoms with Crippen molar-refractivity contribution in [1.82, 2.24) is 14.5 Å². The molecule has 1 saturated heterocycles. The van der Waals surface area contributed by atoms with Gasteiger partial charge in [-0.3, -0.25) is 0 Å². The van der Waals surface area contributed by atoms with Crippen LogP contribution < -0.4 is 0 Å². The van der Waals surface area contributed by atoms with Gasteiger partial charge >= 0.3 is 0 Å². The maximum absolute atomic E-state index is 4.71. The lowest BCUT2D eigenvalue weighted by Gasteiger charge is -2.33. The van der Waals surface area contributed by atoms with Crippen molar-refractivity contribution in [1.29, 1.82) is 0 Å². The number of fused-ring (bicyclic) bond motifs is 1. The van der Waals surface area contributed by atoms with Crippen LogP contribution >= 0.6 is 0 Å². The third-order valence-corrected chi connectivity index (χ3v) is 4.79. The predicted octanol–water partition coefficient (Wildman–Crippen LogP) is 2.81. The highest BCUT2D eigenvalue weighted by Crippen LogP contribution is 2.28. The molecule has 0 amide bonds. The maximum atomic E-state index is 4.71. The average molecular weight is 247 g/mol. The summed E-state index contributed by atoms with van der Waals surface area (Å²) in [5.41, 5.74) is 1.46. The zero-order valence-corrected chi connectivity index (χ0v) is 11.7. The number of nitrogens with zero attached hydrogens (tertiary/aromatic N) is 3. The van der Waals surface area contributed by atoms with E-state index in [1.165, 1.54) is 56.6 Å². The number of hydrogen-bond acceptors (Lipinski definition) is 2. The molecule has 2 aliphatic rings. The highest BCUT2D eigenvalue weighted by molar-refractivity contribution is 5.11. The molecule has 0 saturated carbocycles. The van der Waals surface area contributed by atoms with Gasteiger partial charge in [-0.1, -0.05) is 6.42 Å². The molecule has 2 atom stereocenters. The maximum Gasteiger partial charge on any atom is 0.110 e. The highest BCUT2D eigenvalue weighted by atomic mass is 15.2.